The van der Waals surface area contributed by atoms with Gasteiger partial charge in [0, 0.05) is 0 Å². The molecule has 0 heteroatoms. The van der Waals surface area contributed by atoms with E-state index in [9.17, 15) is 0 Å². The van der Waals surface area contributed by atoms with Crippen molar-refractivity contribution in [1.82, 2.24) is 0 Å². The summed E-state index contributed by atoms with van der Waals surface area (Å²) in [4.78, 5) is 0. The molecule has 0 aliphatic heterocycles. The van der Waals surface area contributed by atoms with Gasteiger partial charge in [0.1, 0.15) is 0 Å². The summed E-state index contributed by atoms with van der Waals surface area (Å²) in [7, 11) is 0. The highest BCUT2D eigenvalue weighted by atomic mass is 14.1. The molecule has 0 aromatic rings. The van der Waals surface area contributed by atoms with Gasteiger partial charge in [-0.2, -0.15) is 0 Å². The Balaban J connectivity index is -0.000000152. The Kier molecular flexibility index (Phi) is 63.3. The van der Waals surface area contributed by atoms with E-state index in [4.69, 9.17) is 0 Å². The molecule has 0 saturated heterocycles. The van der Waals surface area contributed by atoms with Crippen molar-refractivity contribution in [3.8, 4) is 0 Å². The fraction of sp³-hybridized carbons (Fsp3) is 0.955. The molecule has 2 atom stereocenters. The van der Waals surface area contributed by atoms with Crippen LogP contribution in [0.4, 0.5) is 0 Å². The SMILES string of the molecule is CC.CCC/C=C/C(C)CCCCC.CCCC(C)CCC.CCCCC(C)CCCC.CCCCCCC(C)CCCC. The standard InChI is InChI=1S/C12H26.C12H24.C10H22.C8H18.C2H6/c1-4-6-8-9-11-12(3)10-7-5-2;1-4-6-8-10-12(3)11-9-7-5-2;1-4-6-8-10(3)9-7-5-2;1-4-6-8(3)7-5-2;1-2/h12H,4-11H2,1-3H3;8,10,12H,4-7,9,11H2,1-3H3;10H,4-9H2,1-3H3;8H,4-7H2,1-3H3;1-2H3/b;10-8+;;;. The van der Waals surface area contributed by atoms with Crippen molar-refractivity contribution in [3.63, 3.8) is 0 Å². The molecule has 0 aliphatic rings. The Morgan fingerprint density at radius 2 is 0.682 bits per heavy atom. The molecule has 0 spiro atoms. The van der Waals surface area contributed by atoms with Gasteiger partial charge >= 0.3 is 0 Å². The van der Waals surface area contributed by atoms with Crippen LogP contribution in [-0.2, 0) is 0 Å². The maximum atomic E-state index is 2.40. The first-order chi connectivity index (χ1) is 21.2. The van der Waals surface area contributed by atoms with Gasteiger partial charge in [-0.15, -0.1) is 0 Å². The molecule has 0 bridgehead atoms. The lowest BCUT2D eigenvalue weighted by molar-refractivity contribution is 0.445. The quantitative estimate of drug-likeness (QED) is 0.0700. The van der Waals surface area contributed by atoms with E-state index in [1.165, 1.54) is 154 Å². The molecule has 2 unspecified atom stereocenters. The second kappa shape index (κ2) is 52.3. The number of allylic oxidation sites excluding steroid dienone is 2. The van der Waals surface area contributed by atoms with Crippen LogP contribution in [0.15, 0.2) is 12.2 Å². The Morgan fingerprint density at radius 3 is 1.05 bits per heavy atom. The van der Waals surface area contributed by atoms with Crippen LogP contribution in [0, 0.1) is 23.7 Å². The van der Waals surface area contributed by atoms with Crippen LogP contribution in [0.1, 0.15) is 251 Å². The van der Waals surface area contributed by atoms with Gasteiger partial charge in [0.25, 0.3) is 0 Å². The normalized spacial score (nSPS) is 11.9. The van der Waals surface area contributed by atoms with Crippen molar-refractivity contribution in [2.75, 3.05) is 0 Å². The monoisotopic (exact) mass is 625 g/mol. The van der Waals surface area contributed by atoms with Crippen molar-refractivity contribution in [3.05, 3.63) is 12.2 Å². The molecule has 0 N–H and O–H groups in total. The van der Waals surface area contributed by atoms with Crippen LogP contribution in [0.2, 0.25) is 0 Å². The maximum absolute atomic E-state index is 2.40. The molecule has 0 aliphatic carbocycles. The lowest BCUT2D eigenvalue weighted by Crippen LogP contribution is -1.94. The second-order valence-corrected chi connectivity index (χ2v) is 13.9. The van der Waals surface area contributed by atoms with Gasteiger partial charge in [0.2, 0.25) is 0 Å². The van der Waals surface area contributed by atoms with Crippen LogP contribution in [0.3, 0.4) is 0 Å². The van der Waals surface area contributed by atoms with Crippen LogP contribution in [0.5, 0.6) is 0 Å². The van der Waals surface area contributed by atoms with Gasteiger partial charge in [-0.3, -0.25) is 0 Å². The third kappa shape index (κ3) is 60.9. The zero-order valence-corrected chi connectivity index (χ0v) is 34.4. The summed E-state index contributed by atoms with van der Waals surface area (Å²) in [6.45, 7) is 31.5. The van der Waals surface area contributed by atoms with Gasteiger partial charge < -0.3 is 0 Å². The molecular formula is C44H96. The minimum Gasteiger partial charge on any atom is -0.0883 e. The third-order valence-corrected chi connectivity index (χ3v) is 8.45. The smallest absolute Gasteiger partial charge is 0.0262 e. The predicted octanol–water partition coefficient (Wildman–Crippen LogP) is 17.6. The van der Waals surface area contributed by atoms with E-state index in [0.717, 1.165) is 23.7 Å². The molecule has 0 nitrogen and oxygen atoms in total. The van der Waals surface area contributed by atoms with Gasteiger partial charge in [-0.05, 0) is 36.5 Å². The molecule has 0 saturated carbocycles. The van der Waals surface area contributed by atoms with E-state index in [2.05, 4.69) is 95.2 Å². The Labute approximate surface area is 286 Å². The highest BCUT2D eigenvalue weighted by Gasteiger charge is 2.01. The number of rotatable bonds is 25. The largest absolute Gasteiger partial charge is 0.0883 e. The zero-order chi connectivity index (χ0) is 34.7. The third-order valence-electron chi connectivity index (χ3n) is 8.45. The summed E-state index contributed by atoms with van der Waals surface area (Å²) in [5.74, 6) is 3.70. The lowest BCUT2D eigenvalue weighted by atomic mass is 9.97. The lowest BCUT2D eigenvalue weighted by Gasteiger charge is -2.09. The van der Waals surface area contributed by atoms with E-state index in [1.54, 1.807) is 0 Å². The number of unbranched alkanes of at least 4 members (excludes halogenated alkanes) is 9. The maximum Gasteiger partial charge on any atom is -0.0262 e. The van der Waals surface area contributed by atoms with Crippen molar-refractivity contribution < 1.29 is 0 Å². The average Bonchev–Trinajstić information content (AvgIpc) is 3.02. The predicted molar refractivity (Wildman–Crippen MR) is 213 cm³/mol. The van der Waals surface area contributed by atoms with E-state index in [0.29, 0.717) is 0 Å². The highest BCUT2D eigenvalue weighted by Crippen LogP contribution is 2.16. The summed E-state index contributed by atoms with van der Waals surface area (Å²) in [6, 6.07) is 0. The number of hydrogen-bond donors (Lipinski definition) is 0. The van der Waals surface area contributed by atoms with Gasteiger partial charge in [0.05, 0.1) is 0 Å². The topological polar surface area (TPSA) is 0 Å². The van der Waals surface area contributed by atoms with Crippen LogP contribution in [-0.4, -0.2) is 0 Å². The molecule has 0 fully saturated rings. The van der Waals surface area contributed by atoms with E-state index >= 15 is 0 Å². The van der Waals surface area contributed by atoms with Crippen molar-refractivity contribution in [2.24, 2.45) is 23.7 Å². The molecule has 0 aromatic heterocycles. The van der Waals surface area contributed by atoms with E-state index in [-0.39, 0.29) is 0 Å². The molecular weight excluding hydrogens is 528 g/mol. The molecule has 0 amide bonds. The first-order valence-corrected chi connectivity index (χ1v) is 20.9. The van der Waals surface area contributed by atoms with Gasteiger partial charge in [-0.25, -0.2) is 0 Å². The summed E-state index contributed by atoms with van der Waals surface area (Å²) in [6.07, 6.45) is 38.1. The molecule has 44 heavy (non-hydrogen) atoms. The minimum atomic E-state index is 0.795. The van der Waals surface area contributed by atoms with Crippen LogP contribution in [0.25, 0.3) is 0 Å². The van der Waals surface area contributed by atoms with Crippen LogP contribution >= 0.6 is 0 Å². The first kappa shape index (κ1) is 53.2. The van der Waals surface area contributed by atoms with E-state index in [1.807, 2.05) is 13.8 Å². The first-order valence-electron chi connectivity index (χ1n) is 20.9. The number of hydrogen-bond acceptors (Lipinski definition) is 0. The van der Waals surface area contributed by atoms with Gasteiger partial charge in [-0.1, -0.05) is 250 Å². The Bertz CT molecular complexity index is 421. The summed E-state index contributed by atoms with van der Waals surface area (Å²) < 4.78 is 0. The van der Waals surface area contributed by atoms with Gasteiger partial charge in [0.15, 0.2) is 0 Å². The zero-order valence-electron chi connectivity index (χ0n) is 34.4. The average molecular weight is 625 g/mol. The van der Waals surface area contributed by atoms with Crippen molar-refractivity contribution in [2.45, 2.75) is 251 Å². The van der Waals surface area contributed by atoms with Crippen molar-refractivity contribution >= 4 is 0 Å². The summed E-state index contributed by atoms with van der Waals surface area (Å²) in [5, 5.41) is 0. The summed E-state index contributed by atoms with van der Waals surface area (Å²) in [5.41, 5.74) is 0. The Morgan fingerprint density at radius 1 is 0.341 bits per heavy atom. The minimum absolute atomic E-state index is 0.795. The molecule has 0 rings (SSSR count). The molecule has 0 radical (unpaired) electrons. The Hall–Kier alpha value is -0.260. The highest BCUT2D eigenvalue weighted by molar-refractivity contribution is 4.85. The summed E-state index contributed by atoms with van der Waals surface area (Å²) >= 11 is 0. The molecule has 0 heterocycles. The molecule has 272 valence electrons. The second-order valence-electron chi connectivity index (χ2n) is 13.9. The van der Waals surface area contributed by atoms with Crippen molar-refractivity contribution in [1.29, 1.82) is 0 Å². The van der Waals surface area contributed by atoms with E-state index < -0.39 is 0 Å². The molecule has 0 aromatic carbocycles. The van der Waals surface area contributed by atoms with Crippen LogP contribution < -0.4 is 0 Å². The fourth-order valence-electron chi connectivity index (χ4n) is 5.30. The fourth-order valence-corrected chi connectivity index (χ4v) is 5.30.